The van der Waals surface area contributed by atoms with Crippen molar-refractivity contribution in [3.63, 3.8) is 0 Å². The molecule has 1 aliphatic heterocycles. The highest BCUT2D eigenvalue weighted by Gasteiger charge is 2.25. The topological polar surface area (TPSA) is 41.1 Å². The third kappa shape index (κ3) is 3.97. The Morgan fingerprint density at radius 2 is 2.20 bits per heavy atom. The number of para-hydroxylation sites is 1. The molecule has 0 unspecified atom stereocenters. The van der Waals surface area contributed by atoms with Gasteiger partial charge in [0.25, 0.3) is 0 Å². The molecule has 20 heavy (non-hydrogen) atoms. The van der Waals surface area contributed by atoms with Crippen molar-refractivity contribution >= 4 is 24.0 Å². The fourth-order valence-electron chi connectivity index (χ4n) is 2.80. The Balaban J connectivity index is 0.00000200. The van der Waals surface area contributed by atoms with Crippen LogP contribution in [0.4, 0.5) is 5.69 Å². The summed E-state index contributed by atoms with van der Waals surface area (Å²) in [6, 6.07) is 6.64. The first-order valence-corrected chi connectivity index (χ1v) is 7.24. The maximum Gasteiger partial charge on any atom is 0.227 e. The molecule has 2 atom stereocenters. The van der Waals surface area contributed by atoms with E-state index in [2.05, 4.69) is 49.6 Å². The van der Waals surface area contributed by atoms with Crippen LogP contribution in [0.15, 0.2) is 18.2 Å². The van der Waals surface area contributed by atoms with Crippen LogP contribution in [0.1, 0.15) is 37.8 Å². The van der Waals surface area contributed by atoms with Gasteiger partial charge in [0.05, 0.1) is 0 Å². The molecule has 0 bridgehead atoms. The van der Waals surface area contributed by atoms with Crippen LogP contribution < -0.4 is 10.6 Å². The number of anilines is 1. The Labute approximate surface area is 127 Å². The minimum Gasteiger partial charge on any atom is -0.325 e. The fraction of sp³-hybridized carbons (Fsp3) is 0.562. The molecule has 1 aliphatic rings. The predicted molar refractivity (Wildman–Crippen MR) is 86.6 cm³/mol. The normalized spacial score (nSPS) is 21.9. The fourth-order valence-corrected chi connectivity index (χ4v) is 2.80. The van der Waals surface area contributed by atoms with E-state index in [1.807, 2.05) is 0 Å². The van der Waals surface area contributed by atoms with E-state index in [9.17, 15) is 4.79 Å². The van der Waals surface area contributed by atoms with Crippen molar-refractivity contribution < 1.29 is 4.79 Å². The quantitative estimate of drug-likeness (QED) is 0.898. The molecule has 1 amide bonds. The SMILES string of the molecule is CCc1cccc(C)c1NC(=O)[C@H]1CCN[C@@H](C)C1.Cl. The Morgan fingerprint density at radius 3 is 2.85 bits per heavy atom. The number of benzene rings is 1. The van der Waals surface area contributed by atoms with Crippen LogP contribution in [0.3, 0.4) is 0 Å². The summed E-state index contributed by atoms with van der Waals surface area (Å²) < 4.78 is 0. The van der Waals surface area contributed by atoms with Crippen LogP contribution >= 0.6 is 12.4 Å². The van der Waals surface area contributed by atoms with Crippen molar-refractivity contribution in [1.29, 1.82) is 0 Å². The van der Waals surface area contributed by atoms with Crippen molar-refractivity contribution in [3.8, 4) is 0 Å². The van der Waals surface area contributed by atoms with E-state index < -0.39 is 0 Å². The summed E-state index contributed by atoms with van der Waals surface area (Å²) in [6.07, 6.45) is 2.81. The van der Waals surface area contributed by atoms with Crippen molar-refractivity contribution in [2.45, 2.75) is 46.1 Å². The van der Waals surface area contributed by atoms with Gasteiger partial charge >= 0.3 is 0 Å². The smallest absolute Gasteiger partial charge is 0.227 e. The zero-order chi connectivity index (χ0) is 13.8. The van der Waals surface area contributed by atoms with Crippen LogP contribution in [0, 0.1) is 12.8 Å². The Hall–Kier alpha value is -1.06. The number of hydrogen-bond acceptors (Lipinski definition) is 2. The van der Waals surface area contributed by atoms with Crippen LogP contribution in [0.5, 0.6) is 0 Å². The summed E-state index contributed by atoms with van der Waals surface area (Å²) in [5.74, 6) is 0.318. The zero-order valence-corrected chi connectivity index (χ0v) is 13.3. The van der Waals surface area contributed by atoms with Gasteiger partial charge in [0.1, 0.15) is 0 Å². The Bertz CT molecular complexity index is 462. The van der Waals surface area contributed by atoms with Crippen LogP contribution in [0.2, 0.25) is 0 Å². The van der Waals surface area contributed by atoms with Crippen molar-refractivity contribution in [2.75, 3.05) is 11.9 Å². The summed E-state index contributed by atoms with van der Waals surface area (Å²) in [5, 5.41) is 6.54. The van der Waals surface area contributed by atoms with E-state index >= 15 is 0 Å². The van der Waals surface area contributed by atoms with E-state index in [1.54, 1.807) is 0 Å². The van der Waals surface area contributed by atoms with E-state index in [4.69, 9.17) is 0 Å². The lowest BCUT2D eigenvalue weighted by Gasteiger charge is -2.27. The van der Waals surface area contributed by atoms with Crippen molar-refractivity contribution in [3.05, 3.63) is 29.3 Å². The number of piperidine rings is 1. The van der Waals surface area contributed by atoms with E-state index in [1.165, 1.54) is 5.56 Å². The molecule has 0 saturated carbocycles. The van der Waals surface area contributed by atoms with Gasteiger partial charge in [-0.15, -0.1) is 12.4 Å². The van der Waals surface area contributed by atoms with E-state index in [0.717, 1.165) is 37.1 Å². The third-order valence-electron chi connectivity index (χ3n) is 3.98. The number of rotatable bonds is 3. The lowest BCUT2D eigenvalue weighted by molar-refractivity contribution is -0.120. The summed E-state index contributed by atoms with van der Waals surface area (Å²) in [4.78, 5) is 12.4. The summed E-state index contributed by atoms with van der Waals surface area (Å²) in [5.41, 5.74) is 3.38. The molecule has 112 valence electrons. The summed E-state index contributed by atoms with van der Waals surface area (Å²) in [7, 11) is 0. The van der Waals surface area contributed by atoms with E-state index in [0.29, 0.717) is 6.04 Å². The molecular weight excluding hydrogens is 272 g/mol. The van der Waals surface area contributed by atoms with Crippen LogP contribution in [-0.4, -0.2) is 18.5 Å². The molecule has 1 heterocycles. The first kappa shape index (κ1) is 17.0. The second-order valence-electron chi connectivity index (χ2n) is 5.53. The maximum absolute atomic E-state index is 12.4. The van der Waals surface area contributed by atoms with Crippen LogP contribution in [0.25, 0.3) is 0 Å². The van der Waals surface area contributed by atoms with Gasteiger partial charge in [-0.3, -0.25) is 4.79 Å². The summed E-state index contributed by atoms with van der Waals surface area (Å²) >= 11 is 0. The highest BCUT2D eigenvalue weighted by Crippen LogP contribution is 2.24. The van der Waals surface area contributed by atoms with Crippen LogP contribution in [-0.2, 0) is 11.2 Å². The number of hydrogen-bond donors (Lipinski definition) is 2. The maximum atomic E-state index is 12.4. The van der Waals surface area contributed by atoms with Gasteiger partial charge < -0.3 is 10.6 Å². The van der Waals surface area contributed by atoms with Gasteiger partial charge in [-0.2, -0.15) is 0 Å². The molecule has 1 fully saturated rings. The highest BCUT2D eigenvalue weighted by atomic mass is 35.5. The second-order valence-corrected chi connectivity index (χ2v) is 5.53. The largest absolute Gasteiger partial charge is 0.325 e. The average Bonchev–Trinajstić information content (AvgIpc) is 2.41. The number of carbonyl (C=O) groups is 1. The molecule has 0 aromatic heterocycles. The molecule has 1 aromatic carbocycles. The highest BCUT2D eigenvalue weighted by molar-refractivity contribution is 5.94. The molecule has 4 heteroatoms. The molecule has 0 radical (unpaired) electrons. The number of aryl methyl sites for hydroxylation is 2. The standard InChI is InChI=1S/C16H24N2O.ClH/c1-4-13-7-5-6-11(2)15(13)18-16(19)14-8-9-17-12(3)10-14;/h5-7,12,14,17H,4,8-10H2,1-3H3,(H,18,19);1H/t12-,14-;/m0./s1. The molecule has 0 aliphatic carbocycles. The number of amides is 1. The minimum atomic E-state index is 0. The Kier molecular flexibility index (Phi) is 6.50. The molecule has 1 saturated heterocycles. The van der Waals surface area contributed by atoms with Crippen molar-refractivity contribution in [2.24, 2.45) is 5.92 Å². The molecule has 2 rings (SSSR count). The molecule has 0 spiro atoms. The first-order valence-electron chi connectivity index (χ1n) is 7.24. The number of nitrogens with one attached hydrogen (secondary N) is 2. The van der Waals surface area contributed by atoms with Gasteiger partial charge in [-0.05, 0) is 50.8 Å². The van der Waals surface area contributed by atoms with Gasteiger partial charge in [-0.25, -0.2) is 0 Å². The van der Waals surface area contributed by atoms with E-state index in [-0.39, 0.29) is 24.2 Å². The number of carbonyl (C=O) groups excluding carboxylic acids is 1. The molecule has 3 nitrogen and oxygen atoms in total. The second kappa shape index (κ2) is 7.65. The third-order valence-corrected chi connectivity index (χ3v) is 3.98. The monoisotopic (exact) mass is 296 g/mol. The molecule has 2 N–H and O–H groups in total. The lowest BCUT2D eigenvalue weighted by atomic mass is 9.92. The molecule has 1 aromatic rings. The zero-order valence-electron chi connectivity index (χ0n) is 12.5. The first-order chi connectivity index (χ1) is 9.11. The number of halogens is 1. The lowest BCUT2D eigenvalue weighted by Crippen LogP contribution is -2.40. The molecular formula is C16H25ClN2O. The Morgan fingerprint density at radius 1 is 1.45 bits per heavy atom. The van der Waals surface area contributed by atoms with Gasteiger partial charge in [0.15, 0.2) is 0 Å². The summed E-state index contributed by atoms with van der Waals surface area (Å²) in [6.45, 7) is 7.26. The van der Waals surface area contributed by atoms with Gasteiger partial charge in [0, 0.05) is 17.6 Å². The van der Waals surface area contributed by atoms with Gasteiger partial charge in [0.2, 0.25) is 5.91 Å². The average molecular weight is 297 g/mol. The van der Waals surface area contributed by atoms with Gasteiger partial charge in [-0.1, -0.05) is 25.1 Å². The minimum absolute atomic E-state index is 0. The predicted octanol–water partition coefficient (Wildman–Crippen LogP) is 3.31. The van der Waals surface area contributed by atoms with Crippen molar-refractivity contribution in [1.82, 2.24) is 5.32 Å².